The molecule has 0 saturated heterocycles. The Balaban J connectivity index is 2.45. The SMILES string of the molecule is CC(CCCNC(=O)Cn1ccc(=O)n(C)c1=O)C(=O)O. The Morgan fingerprint density at radius 2 is 2.05 bits per heavy atom. The normalized spacial score (nSPS) is 11.9. The number of aliphatic carboxylic acids is 1. The van der Waals surface area contributed by atoms with Crippen molar-refractivity contribution in [3.8, 4) is 0 Å². The van der Waals surface area contributed by atoms with Gasteiger partial charge in [0.2, 0.25) is 5.91 Å². The van der Waals surface area contributed by atoms with Crippen LogP contribution in [0.3, 0.4) is 0 Å². The van der Waals surface area contributed by atoms with E-state index in [0.717, 1.165) is 9.13 Å². The van der Waals surface area contributed by atoms with E-state index in [1.807, 2.05) is 0 Å². The van der Waals surface area contributed by atoms with Gasteiger partial charge < -0.3 is 10.4 Å². The van der Waals surface area contributed by atoms with E-state index < -0.39 is 23.1 Å². The van der Waals surface area contributed by atoms with Crippen LogP contribution in [0.25, 0.3) is 0 Å². The van der Waals surface area contributed by atoms with Gasteiger partial charge in [0, 0.05) is 25.9 Å². The third-order valence-electron chi connectivity index (χ3n) is 3.13. The monoisotopic (exact) mass is 297 g/mol. The van der Waals surface area contributed by atoms with E-state index in [9.17, 15) is 19.2 Å². The molecule has 1 rings (SSSR count). The lowest BCUT2D eigenvalue weighted by molar-refractivity contribution is -0.141. The number of aromatic nitrogens is 2. The average molecular weight is 297 g/mol. The zero-order valence-electron chi connectivity index (χ0n) is 12.0. The fourth-order valence-corrected chi connectivity index (χ4v) is 1.71. The minimum atomic E-state index is -0.863. The molecule has 0 aliphatic carbocycles. The maximum Gasteiger partial charge on any atom is 0.331 e. The molecule has 1 unspecified atom stereocenters. The van der Waals surface area contributed by atoms with E-state index in [1.165, 1.54) is 19.3 Å². The van der Waals surface area contributed by atoms with Crippen LogP contribution >= 0.6 is 0 Å². The van der Waals surface area contributed by atoms with Gasteiger partial charge in [0.05, 0.1) is 5.92 Å². The number of carbonyl (C=O) groups excluding carboxylic acids is 1. The standard InChI is InChI=1S/C13H19N3O5/c1-9(12(19)20)4-3-6-14-10(17)8-16-7-5-11(18)15(2)13(16)21/h5,7,9H,3-4,6,8H2,1-2H3,(H,14,17)(H,19,20). The third-order valence-corrected chi connectivity index (χ3v) is 3.13. The van der Waals surface area contributed by atoms with E-state index in [4.69, 9.17) is 5.11 Å². The summed E-state index contributed by atoms with van der Waals surface area (Å²) in [6, 6.07) is 1.21. The molecular weight excluding hydrogens is 278 g/mol. The van der Waals surface area contributed by atoms with Gasteiger partial charge >= 0.3 is 11.7 Å². The van der Waals surface area contributed by atoms with Gasteiger partial charge in [0.15, 0.2) is 0 Å². The topological polar surface area (TPSA) is 110 Å². The molecule has 8 heteroatoms. The Kier molecular flexibility index (Phi) is 5.89. The molecule has 21 heavy (non-hydrogen) atoms. The van der Waals surface area contributed by atoms with Crippen LogP contribution < -0.4 is 16.6 Å². The molecule has 2 N–H and O–H groups in total. The molecule has 0 saturated carbocycles. The highest BCUT2D eigenvalue weighted by Crippen LogP contribution is 2.03. The van der Waals surface area contributed by atoms with Crippen molar-refractivity contribution in [2.75, 3.05) is 6.54 Å². The second-order valence-corrected chi connectivity index (χ2v) is 4.85. The smallest absolute Gasteiger partial charge is 0.331 e. The second kappa shape index (κ2) is 7.41. The summed E-state index contributed by atoms with van der Waals surface area (Å²) in [6.45, 7) is 1.77. The van der Waals surface area contributed by atoms with Crippen LogP contribution in [0.4, 0.5) is 0 Å². The van der Waals surface area contributed by atoms with Gasteiger partial charge in [-0.25, -0.2) is 4.79 Å². The lowest BCUT2D eigenvalue weighted by Gasteiger charge is -2.09. The summed E-state index contributed by atoms with van der Waals surface area (Å²) in [5.74, 6) is -1.68. The Labute approximate surface area is 121 Å². The van der Waals surface area contributed by atoms with Gasteiger partial charge in [0.1, 0.15) is 6.54 Å². The Bertz CT molecular complexity index is 631. The fourth-order valence-electron chi connectivity index (χ4n) is 1.71. The zero-order chi connectivity index (χ0) is 16.0. The number of rotatable bonds is 7. The van der Waals surface area contributed by atoms with Crippen LogP contribution in [0.15, 0.2) is 21.9 Å². The maximum atomic E-state index is 11.7. The summed E-state index contributed by atoms with van der Waals surface area (Å²) in [4.78, 5) is 45.2. The molecule has 116 valence electrons. The quantitative estimate of drug-likeness (QED) is 0.638. The van der Waals surface area contributed by atoms with Gasteiger partial charge in [-0.05, 0) is 12.8 Å². The molecule has 0 aliphatic heterocycles. The van der Waals surface area contributed by atoms with Gasteiger partial charge in [-0.3, -0.25) is 23.5 Å². The van der Waals surface area contributed by atoms with E-state index in [-0.39, 0.29) is 12.5 Å². The molecule has 1 aromatic rings. The minimum Gasteiger partial charge on any atom is -0.481 e. The zero-order valence-corrected chi connectivity index (χ0v) is 12.0. The van der Waals surface area contributed by atoms with Crippen LogP contribution in [-0.2, 0) is 23.2 Å². The summed E-state index contributed by atoms with van der Waals surface area (Å²) in [7, 11) is 1.34. The summed E-state index contributed by atoms with van der Waals surface area (Å²) < 4.78 is 2.05. The van der Waals surface area contributed by atoms with E-state index >= 15 is 0 Å². The predicted octanol–water partition coefficient (Wildman–Crippen LogP) is -0.836. The van der Waals surface area contributed by atoms with Crippen molar-refractivity contribution in [2.45, 2.75) is 26.3 Å². The van der Waals surface area contributed by atoms with E-state index in [1.54, 1.807) is 6.92 Å². The molecule has 8 nitrogen and oxygen atoms in total. The average Bonchev–Trinajstić information content (AvgIpc) is 2.44. The molecular formula is C13H19N3O5. The number of amides is 1. The number of nitrogens with one attached hydrogen (secondary N) is 1. The third kappa shape index (κ3) is 4.90. The lowest BCUT2D eigenvalue weighted by atomic mass is 10.1. The number of hydrogen-bond donors (Lipinski definition) is 2. The van der Waals surface area contributed by atoms with Gasteiger partial charge in [-0.15, -0.1) is 0 Å². The van der Waals surface area contributed by atoms with Gasteiger partial charge in [-0.2, -0.15) is 0 Å². The highest BCUT2D eigenvalue weighted by Gasteiger charge is 2.10. The molecule has 0 spiro atoms. The minimum absolute atomic E-state index is 0.179. The molecule has 0 bridgehead atoms. The molecule has 1 aromatic heterocycles. The first-order chi connectivity index (χ1) is 9.82. The summed E-state index contributed by atoms with van der Waals surface area (Å²) in [5.41, 5.74) is -0.989. The van der Waals surface area contributed by atoms with Crippen molar-refractivity contribution in [2.24, 2.45) is 13.0 Å². The van der Waals surface area contributed by atoms with E-state index in [0.29, 0.717) is 19.4 Å². The van der Waals surface area contributed by atoms with Gasteiger partial charge in [0.25, 0.3) is 5.56 Å². The first-order valence-corrected chi connectivity index (χ1v) is 6.59. The molecule has 0 aliphatic rings. The molecule has 1 amide bonds. The number of hydrogen-bond acceptors (Lipinski definition) is 4. The number of carboxylic acid groups (broad SMARTS) is 1. The highest BCUT2D eigenvalue weighted by atomic mass is 16.4. The highest BCUT2D eigenvalue weighted by molar-refractivity contribution is 5.75. The molecule has 1 heterocycles. The lowest BCUT2D eigenvalue weighted by Crippen LogP contribution is -2.40. The molecule has 0 radical (unpaired) electrons. The predicted molar refractivity (Wildman–Crippen MR) is 75.0 cm³/mol. The van der Waals surface area contributed by atoms with Gasteiger partial charge in [-0.1, -0.05) is 6.92 Å². The summed E-state index contributed by atoms with van der Waals surface area (Å²) in [5, 5.41) is 11.3. The molecule has 1 atom stereocenters. The van der Waals surface area contributed by atoms with Crippen molar-refractivity contribution in [3.05, 3.63) is 33.1 Å². The number of nitrogens with zero attached hydrogens (tertiary/aromatic N) is 2. The van der Waals surface area contributed by atoms with Crippen molar-refractivity contribution in [1.29, 1.82) is 0 Å². The van der Waals surface area contributed by atoms with Crippen molar-refractivity contribution in [1.82, 2.24) is 14.5 Å². The van der Waals surface area contributed by atoms with E-state index in [2.05, 4.69) is 5.32 Å². The van der Waals surface area contributed by atoms with Crippen molar-refractivity contribution >= 4 is 11.9 Å². The van der Waals surface area contributed by atoms with Crippen LogP contribution in [-0.4, -0.2) is 32.7 Å². The van der Waals surface area contributed by atoms with Crippen LogP contribution in [0, 0.1) is 5.92 Å². The van der Waals surface area contributed by atoms with Crippen molar-refractivity contribution < 1.29 is 14.7 Å². The first-order valence-electron chi connectivity index (χ1n) is 6.59. The largest absolute Gasteiger partial charge is 0.481 e. The fraction of sp³-hybridized carbons (Fsp3) is 0.538. The van der Waals surface area contributed by atoms with Crippen molar-refractivity contribution in [3.63, 3.8) is 0 Å². The maximum absolute atomic E-state index is 11.7. The van der Waals surface area contributed by atoms with Crippen LogP contribution in [0.2, 0.25) is 0 Å². The number of carboxylic acids is 1. The molecule has 0 fully saturated rings. The molecule has 0 aromatic carbocycles. The Morgan fingerprint density at radius 1 is 1.38 bits per heavy atom. The summed E-state index contributed by atoms with van der Waals surface area (Å²) >= 11 is 0. The Hall–Kier alpha value is -2.38. The summed E-state index contributed by atoms with van der Waals surface area (Å²) in [6.07, 6.45) is 2.29. The Morgan fingerprint density at radius 3 is 2.67 bits per heavy atom. The van der Waals surface area contributed by atoms with Crippen LogP contribution in [0.5, 0.6) is 0 Å². The first kappa shape index (κ1) is 16.7. The number of carbonyl (C=O) groups is 2. The second-order valence-electron chi connectivity index (χ2n) is 4.85. The van der Waals surface area contributed by atoms with Crippen LogP contribution in [0.1, 0.15) is 19.8 Å².